The van der Waals surface area contributed by atoms with Gasteiger partial charge in [0.25, 0.3) is 6.43 Å². The number of hydrogen-bond donors (Lipinski definition) is 1. The fourth-order valence-electron chi connectivity index (χ4n) is 2.25. The molecular formula is C15H10F6N4O. The summed E-state index contributed by atoms with van der Waals surface area (Å²) in [6.45, 7) is -0.0507. The first kappa shape index (κ1) is 17.8. The van der Waals surface area contributed by atoms with Gasteiger partial charge in [0.15, 0.2) is 17.2 Å². The van der Waals surface area contributed by atoms with E-state index >= 15 is 0 Å². The topological polar surface area (TPSA) is 51.5 Å². The van der Waals surface area contributed by atoms with Gasteiger partial charge in [0.2, 0.25) is 0 Å². The molecule has 1 aromatic carbocycles. The molecule has 11 heteroatoms. The third-order valence-electron chi connectivity index (χ3n) is 3.35. The predicted molar refractivity (Wildman–Crippen MR) is 78.4 cm³/mol. The van der Waals surface area contributed by atoms with Gasteiger partial charge in [-0.3, -0.25) is 0 Å². The van der Waals surface area contributed by atoms with E-state index in [4.69, 9.17) is 0 Å². The standard InChI is InChI=1S/C15H10F6N4O/c16-10-3-8(1-2-11(10)26-15(19,20)21)6-22-12-4-9(14(17)18)5-13-23-7-24-25(12)13/h1-5,7,14,22H,6H2. The highest BCUT2D eigenvalue weighted by Gasteiger charge is 2.32. The molecule has 0 unspecified atom stereocenters. The third kappa shape index (κ3) is 3.98. The van der Waals surface area contributed by atoms with Crippen LogP contribution in [0.15, 0.2) is 36.7 Å². The SMILES string of the molecule is Fc1cc(CNc2cc(C(F)F)cc3ncnn23)ccc1OC(F)(F)F. The van der Waals surface area contributed by atoms with Gasteiger partial charge >= 0.3 is 6.36 Å². The van der Waals surface area contributed by atoms with Crippen LogP contribution in [0.5, 0.6) is 5.75 Å². The molecule has 2 aromatic heterocycles. The van der Waals surface area contributed by atoms with E-state index in [1.54, 1.807) is 0 Å². The minimum Gasteiger partial charge on any atom is -0.403 e. The molecule has 26 heavy (non-hydrogen) atoms. The Bertz CT molecular complexity index is 924. The molecule has 0 aliphatic carbocycles. The summed E-state index contributed by atoms with van der Waals surface area (Å²) in [4.78, 5) is 3.83. The van der Waals surface area contributed by atoms with E-state index in [9.17, 15) is 26.3 Å². The lowest BCUT2D eigenvalue weighted by molar-refractivity contribution is -0.275. The molecular weight excluding hydrogens is 366 g/mol. The summed E-state index contributed by atoms with van der Waals surface area (Å²) in [5, 5.41) is 6.66. The maximum atomic E-state index is 13.7. The van der Waals surface area contributed by atoms with Gasteiger partial charge in [-0.05, 0) is 29.8 Å². The summed E-state index contributed by atoms with van der Waals surface area (Å²) < 4.78 is 80.8. The van der Waals surface area contributed by atoms with E-state index < -0.39 is 24.4 Å². The normalized spacial score (nSPS) is 12.0. The number of halogens is 6. The monoisotopic (exact) mass is 376 g/mol. The van der Waals surface area contributed by atoms with Crippen molar-refractivity contribution in [3.63, 3.8) is 0 Å². The van der Waals surface area contributed by atoms with Crippen molar-refractivity contribution in [2.45, 2.75) is 19.3 Å². The number of fused-ring (bicyclic) bond motifs is 1. The zero-order chi connectivity index (χ0) is 18.9. The fourth-order valence-corrected chi connectivity index (χ4v) is 2.25. The van der Waals surface area contributed by atoms with E-state index in [-0.39, 0.29) is 29.1 Å². The molecule has 0 spiro atoms. The number of ether oxygens (including phenoxy) is 1. The summed E-state index contributed by atoms with van der Waals surface area (Å²) in [6, 6.07) is 5.23. The van der Waals surface area contributed by atoms with Crippen LogP contribution in [0, 0.1) is 5.82 Å². The molecule has 138 valence electrons. The first-order valence-electron chi connectivity index (χ1n) is 7.13. The summed E-state index contributed by atoms with van der Waals surface area (Å²) in [5.41, 5.74) is 0.172. The molecule has 0 radical (unpaired) electrons. The minimum atomic E-state index is -5.00. The Morgan fingerprint density at radius 2 is 1.92 bits per heavy atom. The molecule has 0 fully saturated rings. The highest BCUT2D eigenvalue weighted by Crippen LogP contribution is 2.27. The van der Waals surface area contributed by atoms with Crippen molar-refractivity contribution in [3.8, 4) is 5.75 Å². The number of nitrogens with one attached hydrogen (secondary N) is 1. The summed E-state index contributed by atoms with van der Waals surface area (Å²) >= 11 is 0. The van der Waals surface area contributed by atoms with Crippen LogP contribution in [0.3, 0.4) is 0 Å². The van der Waals surface area contributed by atoms with Gasteiger partial charge in [-0.2, -0.15) is 9.61 Å². The van der Waals surface area contributed by atoms with Crippen molar-refractivity contribution in [2.75, 3.05) is 5.32 Å². The summed E-state index contributed by atoms with van der Waals surface area (Å²) in [6.07, 6.45) is -6.55. The number of hydrogen-bond acceptors (Lipinski definition) is 4. The van der Waals surface area contributed by atoms with Gasteiger partial charge in [0.05, 0.1) is 0 Å². The predicted octanol–water partition coefficient (Wildman–Crippen LogP) is 4.32. The van der Waals surface area contributed by atoms with Gasteiger partial charge in [-0.25, -0.2) is 18.2 Å². The molecule has 2 heterocycles. The number of aromatic nitrogens is 3. The molecule has 3 rings (SSSR count). The zero-order valence-electron chi connectivity index (χ0n) is 12.8. The van der Waals surface area contributed by atoms with Gasteiger partial charge in [-0.15, -0.1) is 13.2 Å². The number of benzene rings is 1. The van der Waals surface area contributed by atoms with Gasteiger partial charge in [0, 0.05) is 12.1 Å². The molecule has 0 saturated carbocycles. The average molecular weight is 376 g/mol. The van der Waals surface area contributed by atoms with Crippen LogP contribution < -0.4 is 10.1 Å². The highest BCUT2D eigenvalue weighted by atomic mass is 19.4. The maximum absolute atomic E-state index is 13.7. The van der Waals surface area contributed by atoms with Crippen molar-refractivity contribution in [2.24, 2.45) is 0 Å². The lowest BCUT2D eigenvalue weighted by Crippen LogP contribution is -2.18. The zero-order valence-corrected chi connectivity index (χ0v) is 12.8. The van der Waals surface area contributed by atoms with E-state index in [0.717, 1.165) is 18.2 Å². The van der Waals surface area contributed by atoms with Crippen LogP contribution in [0.1, 0.15) is 17.6 Å². The molecule has 0 amide bonds. The molecule has 0 aliphatic rings. The largest absolute Gasteiger partial charge is 0.573 e. The van der Waals surface area contributed by atoms with Crippen LogP contribution >= 0.6 is 0 Å². The Labute approximate surface area is 142 Å². The smallest absolute Gasteiger partial charge is 0.403 e. The van der Waals surface area contributed by atoms with E-state index in [0.29, 0.717) is 0 Å². The first-order valence-corrected chi connectivity index (χ1v) is 7.13. The van der Waals surface area contributed by atoms with Crippen LogP contribution in [-0.2, 0) is 6.54 Å². The molecule has 3 aromatic rings. The Morgan fingerprint density at radius 1 is 1.15 bits per heavy atom. The molecule has 1 N–H and O–H groups in total. The second-order valence-corrected chi connectivity index (χ2v) is 5.17. The Hall–Kier alpha value is -2.98. The van der Waals surface area contributed by atoms with Gasteiger partial charge in [0.1, 0.15) is 12.1 Å². The van der Waals surface area contributed by atoms with Crippen molar-refractivity contribution >= 4 is 11.5 Å². The molecule has 0 aliphatic heterocycles. The Morgan fingerprint density at radius 3 is 2.58 bits per heavy atom. The quantitative estimate of drug-likeness (QED) is 0.674. The fraction of sp³-hybridized carbons (Fsp3) is 0.200. The van der Waals surface area contributed by atoms with Crippen LogP contribution in [0.25, 0.3) is 5.65 Å². The molecule has 0 bridgehead atoms. The van der Waals surface area contributed by atoms with Crippen molar-refractivity contribution in [1.29, 1.82) is 0 Å². The number of anilines is 1. The van der Waals surface area contributed by atoms with E-state index in [1.165, 1.54) is 23.0 Å². The minimum absolute atomic E-state index is 0.0507. The molecule has 0 atom stereocenters. The Balaban J connectivity index is 1.80. The second-order valence-electron chi connectivity index (χ2n) is 5.17. The van der Waals surface area contributed by atoms with Gasteiger partial charge in [-0.1, -0.05) is 6.07 Å². The number of alkyl halides is 5. The van der Waals surface area contributed by atoms with Crippen molar-refractivity contribution in [3.05, 3.63) is 53.6 Å². The van der Waals surface area contributed by atoms with Crippen LogP contribution in [-0.4, -0.2) is 21.0 Å². The van der Waals surface area contributed by atoms with Crippen LogP contribution in [0.2, 0.25) is 0 Å². The number of pyridine rings is 1. The summed E-state index contributed by atoms with van der Waals surface area (Å²) in [5.74, 6) is -1.99. The van der Waals surface area contributed by atoms with Crippen molar-refractivity contribution in [1.82, 2.24) is 14.6 Å². The first-order chi connectivity index (χ1) is 12.2. The number of rotatable bonds is 5. The number of nitrogens with zero attached hydrogens (tertiary/aromatic N) is 3. The lowest BCUT2D eigenvalue weighted by Gasteiger charge is -2.12. The molecule has 5 nitrogen and oxygen atoms in total. The highest BCUT2D eigenvalue weighted by molar-refractivity contribution is 5.52. The van der Waals surface area contributed by atoms with E-state index in [2.05, 4.69) is 20.1 Å². The Kier molecular flexibility index (Phi) is 4.62. The average Bonchev–Trinajstić information content (AvgIpc) is 3.02. The van der Waals surface area contributed by atoms with Crippen molar-refractivity contribution < 1.29 is 31.1 Å². The van der Waals surface area contributed by atoms with Crippen LogP contribution in [0.4, 0.5) is 32.2 Å². The maximum Gasteiger partial charge on any atom is 0.573 e. The van der Waals surface area contributed by atoms with Gasteiger partial charge < -0.3 is 10.1 Å². The third-order valence-corrected chi connectivity index (χ3v) is 3.35. The lowest BCUT2D eigenvalue weighted by atomic mass is 10.2. The molecule has 0 saturated heterocycles. The second kappa shape index (κ2) is 6.73. The van der Waals surface area contributed by atoms with E-state index in [1.807, 2.05) is 0 Å². The summed E-state index contributed by atoms with van der Waals surface area (Å²) in [7, 11) is 0.